The summed E-state index contributed by atoms with van der Waals surface area (Å²) in [4.78, 5) is 13.6. The van der Waals surface area contributed by atoms with Gasteiger partial charge in [0.1, 0.15) is 0 Å². The van der Waals surface area contributed by atoms with Gasteiger partial charge in [0.25, 0.3) is 0 Å². The van der Waals surface area contributed by atoms with Crippen molar-refractivity contribution < 1.29 is 4.79 Å². The van der Waals surface area contributed by atoms with Crippen LogP contribution in [0.3, 0.4) is 0 Å². The summed E-state index contributed by atoms with van der Waals surface area (Å²) in [6, 6.07) is 4.01. The minimum Gasteiger partial charge on any atom is -0.211 e. The highest BCUT2D eigenvalue weighted by Crippen LogP contribution is 2.23. The molecule has 0 aliphatic rings. The van der Waals surface area contributed by atoms with Gasteiger partial charge in [0.05, 0.1) is 6.54 Å². The molecule has 0 aromatic heterocycles. The molecule has 0 saturated heterocycles. The second-order valence-electron chi connectivity index (χ2n) is 2.88. The number of carbonyl (C=O) groups excluding carboxylic acids is 1. The van der Waals surface area contributed by atoms with Crippen molar-refractivity contribution in [3.05, 3.63) is 33.3 Å². The number of benzene rings is 1. The Hall–Kier alpha value is -0.920. The first-order valence-electron chi connectivity index (χ1n) is 3.95. The molecule has 0 amide bonds. The lowest BCUT2D eigenvalue weighted by atomic mass is 10.0. The van der Waals surface area contributed by atoms with Crippen molar-refractivity contribution in [3.8, 4) is 0 Å². The lowest BCUT2D eigenvalue weighted by Gasteiger charge is -2.07. The van der Waals surface area contributed by atoms with E-state index in [-0.39, 0.29) is 0 Å². The second kappa shape index (κ2) is 4.35. The molecular formula is C10H10BrNO. The zero-order chi connectivity index (χ0) is 9.84. The minimum absolute atomic E-state index is 0.417. The van der Waals surface area contributed by atoms with Crippen molar-refractivity contribution in [1.29, 1.82) is 0 Å². The molecule has 0 aliphatic carbocycles. The molecule has 0 saturated carbocycles. The van der Waals surface area contributed by atoms with Crippen LogP contribution in [0.25, 0.3) is 0 Å². The van der Waals surface area contributed by atoms with Gasteiger partial charge in [-0.3, -0.25) is 0 Å². The van der Waals surface area contributed by atoms with Gasteiger partial charge in [-0.2, -0.15) is 0 Å². The molecule has 0 fully saturated rings. The molecule has 1 aromatic carbocycles. The highest BCUT2D eigenvalue weighted by molar-refractivity contribution is 9.10. The maximum atomic E-state index is 9.98. The second-order valence-corrected chi connectivity index (χ2v) is 3.73. The maximum absolute atomic E-state index is 9.98. The maximum Gasteiger partial charge on any atom is 0.235 e. The average Bonchev–Trinajstić information content (AvgIpc) is 2.12. The van der Waals surface area contributed by atoms with Crippen LogP contribution < -0.4 is 0 Å². The van der Waals surface area contributed by atoms with Crippen LogP contribution >= 0.6 is 15.9 Å². The van der Waals surface area contributed by atoms with Crippen LogP contribution in [0.5, 0.6) is 0 Å². The van der Waals surface area contributed by atoms with Gasteiger partial charge < -0.3 is 0 Å². The monoisotopic (exact) mass is 239 g/mol. The molecule has 3 heteroatoms. The molecule has 0 radical (unpaired) electrons. The van der Waals surface area contributed by atoms with Crippen LogP contribution in [-0.4, -0.2) is 6.08 Å². The third-order valence-corrected chi connectivity index (χ3v) is 2.93. The number of rotatable bonds is 2. The van der Waals surface area contributed by atoms with Gasteiger partial charge >= 0.3 is 0 Å². The summed E-state index contributed by atoms with van der Waals surface area (Å²) in [5.41, 5.74) is 3.39. The van der Waals surface area contributed by atoms with Gasteiger partial charge in [-0.1, -0.05) is 22.0 Å². The van der Waals surface area contributed by atoms with Crippen LogP contribution in [0.1, 0.15) is 16.7 Å². The molecular weight excluding hydrogens is 230 g/mol. The molecule has 13 heavy (non-hydrogen) atoms. The summed E-state index contributed by atoms with van der Waals surface area (Å²) >= 11 is 3.43. The molecule has 0 spiro atoms. The number of aliphatic imine (C=N–C) groups is 1. The van der Waals surface area contributed by atoms with Crippen LogP contribution in [0.15, 0.2) is 21.6 Å². The van der Waals surface area contributed by atoms with Gasteiger partial charge in [-0.25, -0.2) is 9.79 Å². The Morgan fingerprint density at radius 1 is 1.46 bits per heavy atom. The number of halogens is 1. The van der Waals surface area contributed by atoms with E-state index in [0.29, 0.717) is 6.54 Å². The largest absolute Gasteiger partial charge is 0.235 e. The molecule has 0 bridgehead atoms. The predicted molar refractivity (Wildman–Crippen MR) is 55.4 cm³/mol. The van der Waals surface area contributed by atoms with Gasteiger partial charge in [-0.15, -0.1) is 0 Å². The summed E-state index contributed by atoms with van der Waals surface area (Å²) in [5, 5.41) is 0. The van der Waals surface area contributed by atoms with E-state index in [0.717, 1.165) is 21.2 Å². The Morgan fingerprint density at radius 3 is 2.77 bits per heavy atom. The summed E-state index contributed by atoms with van der Waals surface area (Å²) < 4.78 is 1.05. The van der Waals surface area contributed by atoms with Crippen molar-refractivity contribution >= 4 is 22.0 Å². The molecule has 0 aliphatic heterocycles. The van der Waals surface area contributed by atoms with Crippen molar-refractivity contribution in [3.63, 3.8) is 0 Å². The molecule has 0 atom stereocenters. The Bertz CT molecular complexity index is 367. The fourth-order valence-electron chi connectivity index (χ4n) is 1.22. The summed E-state index contributed by atoms with van der Waals surface area (Å²) in [6.45, 7) is 4.43. The highest BCUT2D eigenvalue weighted by Gasteiger charge is 2.04. The average molecular weight is 240 g/mol. The van der Waals surface area contributed by atoms with E-state index >= 15 is 0 Å². The quantitative estimate of drug-likeness (QED) is 0.577. The fraction of sp³-hybridized carbons (Fsp3) is 0.300. The lowest BCUT2D eigenvalue weighted by Crippen LogP contribution is -1.92. The summed E-state index contributed by atoms with van der Waals surface area (Å²) in [6.07, 6.45) is 1.55. The van der Waals surface area contributed by atoms with Crippen molar-refractivity contribution in [2.45, 2.75) is 20.4 Å². The van der Waals surface area contributed by atoms with Crippen LogP contribution in [0.4, 0.5) is 0 Å². The first-order chi connectivity index (χ1) is 6.16. The third kappa shape index (κ3) is 2.27. The Kier molecular flexibility index (Phi) is 3.40. The van der Waals surface area contributed by atoms with Gasteiger partial charge in [0.2, 0.25) is 6.08 Å². The topological polar surface area (TPSA) is 29.4 Å². The summed E-state index contributed by atoms with van der Waals surface area (Å²) in [5.74, 6) is 0. The van der Waals surface area contributed by atoms with Crippen molar-refractivity contribution in [2.75, 3.05) is 0 Å². The standard InChI is InChI=1S/C10H10BrNO/c1-7-3-4-10(11)8(2)9(7)5-12-6-13/h3-4H,5H2,1-2H3. The smallest absolute Gasteiger partial charge is 0.211 e. The van der Waals surface area contributed by atoms with E-state index in [1.165, 1.54) is 0 Å². The zero-order valence-electron chi connectivity index (χ0n) is 7.60. The number of hydrogen-bond acceptors (Lipinski definition) is 2. The Morgan fingerprint density at radius 2 is 2.15 bits per heavy atom. The molecule has 0 heterocycles. The van der Waals surface area contributed by atoms with Crippen LogP contribution in [-0.2, 0) is 11.3 Å². The first kappa shape index (κ1) is 10.2. The van der Waals surface area contributed by atoms with E-state index in [4.69, 9.17) is 0 Å². The zero-order valence-corrected chi connectivity index (χ0v) is 9.18. The lowest BCUT2D eigenvalue weighted by molar-refractivity contribution is 0.562. The van der Waals surface area contributed by atoms with E-state index in [1.807, 2.05) is 26.0 Å². The SMILES string of the molecule is Cc1ccc(Br)c(C)c1CN=C=O. The van der Waals surface area contributed by atoms with Gasteiger partial charge in [0.15, 0.2) is 0 Å². The van der Waals surface area contributed by atoms with E-state index < -0.39 is 0 Å². The number of hydrogen-bond donors (Lipinski definition) is 0. The highest BCUT2D eigenvalue weighted by atomic mass is 79.9. The Labute approximate surface area is 85.8 Å². The predicted octanol–water partition coefficient (Wildman–Crippen LogP) is 2.90. The van der Waals surface area contributed by atoms with E-state index in [1.54, 1.807) is 6.08 Å². The number of aryl methyl sites for hydroxylation is 1. The summed E-state index contributed by atoms with van der Waals surface area (Å²) in [7, 11) is 0. The fourth-order valence-corrected chi connectivity index (χ4v) is 1.59. The minimum atomic E-state index is 0.417. The molecule has 1 rings (SSSR count). The van der Waals surface area contributed by atoms with Crippen molar-refractivity contribution in [1.82, 2.24) is 0 Å². The molecule has 0 unspecified atom stereocenters. The first-order valence-corrected chi connectivity index (χ1v) is 4.74. The molecule has 1 aromatic rings. The van der Waals surface area contributed by atoms with E-state index in [9.17, 15) is 4.79 Å². The number of isocyanates is 1. The van der Waals surface area contributed by atoms with Gasteiger partial charge in [0, 0.05) is 4.47 Å². The van der Waals surface area contributed by atoms with Crippen LogP contribution in [0, 0.1) is 13.8 Å². The molecule has 68 valence electrons. The van der Waals surface area contributed by atoms with Crippen LogP contribution in [0.2, 0.25) is 0 Å². The molecule has 2 nitrogen and oxygen atoms in total. The molecule has 0 N–H and O–H groups in total. The third-order valence-electron chi connectivity index (χ3n) is 2.07. The van der Waals surface area contributed by atoms with Gasteiger partial charge in [-0.05, 0) is 36.6 Å². The normalized spacial score (nSPS) is 9.46. The Balaban J connectivity index is 3.16. The van der Waals surface area contributed by atoms with E-state index in [2.05, 4.69) is 20.9 Å². The van der Waals surface area contributed by atoms with Crippen molar-refractivity contribution in [2.24, 2.45) is 4.99 Å². The number of nitrogens with zero attached hydrogens (tertiary/aromatic N) is 1.